The molecule has 1 saturated heterocycles. The molecule has 1 heterocycles. The standard InChI is InChI=1S/C13H24N2O2/c1-3-14-13(12(16)17)7-6-11(9-13)15-8-4-5-10(15)2/h10-11,14H,3-9H2,1-2H3,(H,16,17). The van der Waals surface area contributed by atoms with Gasteiger partial charge in [0.15, 0.2) is 0 Å². The van der Waals surface area contributed by atoms with Gasteiger partial charge in [0.1, 0.15) is 5.54 Å². The molecule has 1 aliphatic heterocycles. The van der Waals surface area contributed by atoms with E-state index in [1.807, 2.05) is 6.92 Å². The van der Waals surface area contributed by atoms with Gasteiger partial charge in [-0.05, 0) is 52.1 Å². The highest BCUT2D eigenvalue weighted by molar-refractivity contribution is 5.79. The number of carboxylic acid groups (broad SMARTS) is 1. The van der Waals surface area contributed by atoms with Crippen molar-refractivity contribution in [1.82, 2.24) is 10.2 Å². The second kappa shape index (κ2) is 4.94. The molecule has 4 heteroatoms. The van der Waals surface area contributed by atoms with E-state index in [2.05, 4.69) is 17.1 Å². The predicted octanol–water partition coefficient (Wildman–Crippen LogP) is 1.46. The molecular weight excluding hydrogens is 216 g/mol. The van der Waals surface area contributed by atoms with Gasteiger partial charge in [-0.3, -0.25) is 9.69 Å². The lowest BCUT2D eigenvalue weighted by atomic mass is 9.97. The van der Waals surface area contributed by atoms with Crippen LogP contribution in [0.4, 0.5) is 0 Å². The second-order valence-corrected chi connectivity index (χ2v) is 5.54. The minimum Gasteiger partial charge on any atom is -0.480 e. The van der Waals surface area contributed by atoms with E-state index >= 15 is 0 Å². The lowest BCUT2D eigenvalue weighted by Crippen LogP contribution is -2.51. The molecule has 0 aromatic rings. The molecule has 1 saturated carbocycles. The van der Waals surface area contributed by atoms with E-state index in [-0.39, 0.29) is 0 Å². The van der Waals surface area contributed by atoms with Crippen LogP contribution in [0.25, 0.3) is 0 Å². The molecule has 2 rings (SSSR count). The summed E-state index contributed by atoms with van der Waals surface area (Å²) in [7, 11) is 0. The Morgan fingerprint density at radius 3 is 2.82 bits per heavy atom. The van der Waals surface area contributed by atoms with Gasteiger partial charge >= 0.3 is 5.97 Å². The van der Waals surface area contributed by atoms with Crippen LogP contribution in [-0.4, -0.2) is 46.7 Å². The van der Waals surface area contributed by atoms with Gasteiger partial charge in [-0.15, -0.1) is 0 Å². The summed E-state index contributed by atoms with van der Waals surface area (Å²) in [6, 6.07) is 1.09. The van der Waals surface area contributed by atoms with Gasteiger partial charge in [0.2, 0.25) is 0 Å². The molecule has 0 amide bonds. The van der Waals surface area contributed by atoms with E-state index < -0.39 is 11.5 Å². The fraction of sp³-hybridized carbons (Fsp3) is 0.923. The molecule has 2 N–H and O–H groups in total. The van der Waals surface area contributed by atoms with Gasteiger partial charge < -0.3 is 10.4 Å². The zero-order chi connectivity index (χ0) is 12.5. The van der Waals surface area contributed by atoms with E-state index in [9.17, 15) is 9.90 Å². The lowest BCUT2D eigenvalue weighted by Gasteiger charge is -2.30. The monoisotopic (exact) mass is 240 g/mol. The Morgan fingerprint density at radius 2 is 2.29 bits per heavy atom. The maximum atomic E-state index is 11.5. The zero-order valence-corrected chi connectivity index (χ0v) is 10.9. The van der Waals surface area contributed by atoms with Crippen molar-refractivity contribution < 1.29 is 9.90 Å². The Balaban J connectivity index is 2.04. The molecular formula is C13H24N2O2. The minimum atomic E-state index is -0.672. The number of hydrogen-bond acceptors (Lipinski definition) is 3. The molecule has 2 fully saturated rings. The largest absolute Gasteiger partial charge is 0.480 e. The van der Waals surface area contributed by atoms with Crippen LogP contribution in [0.2, 0.25) is 0 Å². The summed E-state index contributed by atoms with van der Waals surface area (Å²) in [5.41, 5.74) is -0.665. The molecule has 0 radical (unpaired) electrons. The summed E-state index contributed by atoms with van der Waals surface area (Å²) in [6.07, 6.45) is 5.07. The number of nitrogens with zero attached hydrogens (tertiary/aromatic N) is 1. The van der Waals surface area contributed by atoms with Crippen LogP contribution in [0.3, 0.4) is 0 Å². The van der Waals surface area contributed by atoms with Crippen molar-refractivity contribution in [3.63, 3.8) is 0 Å². The zero-order valence-electron chi connectivity index (χ0n) is 10.9. The summed E-state index contributed by atoms with van der Waals surface area (Å²) in [4.78, 5) is 14.0. The average molecular weight is 240 g/mol. The first-order valence-electron chi connectivity index (χ1n) is 6.83. The first kappa shape index (κ1) is 12.8. The number of aliphatic carboxylic acids is 1. The highest BCUT2D eigenvalue weighted by Gasteiger charge is 2.47. The Labute approximate surface area is 103 Å². The highest BCUT2D eigenvalue weighted by atomic mass is 16.4. The van der Waals surface area contributed by atoms with Gasteiger partial charge in [-0.25, -0.2) is 0 Å². The number of likely N-dealkylation sites (tertiary alicyclic amines) is 1. The first-order valence-corrected chi connectivity index (χ1v) is 6.83. The number of carboxylic acids is 1. The molecule has 0 bridgehead atoms. The van der Waals surface area contributed by atoms with Crippen LogP contribution in [0, 0.1) is 0 Å². The van der Waals surface area contributed by atoms with Crippen molar-refractivity contribution in [3.8, 4) is 0 Å². The van der Waals surface area contributed by atoms with Crippen LogP contribution in [0.1, 0.15) is 46.0 Å². The second-order valence-electron chi connectivity index (χ2n) is 5.54. The molecule has 2 aliphatic rings. The summed E-state index contributed by atoms with van der Waals surface area (Å²) in [6.45, 7) is 6.12. The molecule has 98 valence electrons. The molecule has 3 unspecified atom stereocenters. The van der Waals surface area contributed by atoms with Gasteiger partial charge in [0.05, 0.1) is 0 Å². The smallest absolute Gasteiger partial charge is 0.323 e. The number of carbonyl (C=O) groups is 1. The number of hydrogen-bond donors (Lipinski definition) is 2. The fourth-order valence-electron chi connectivity index (χ4n) is 3.57. The minimum absolute atomic E-state index is 0.461. The summed E-state index contributed by atoms with van der Waals surface area (Å²) < 4.78 is 0. The molecule has 17 heavy (non-hydrogen) atoms. The molecule has 0 spiro atoms. The number of rotatable bonds is 4. The van der Waals surface area contributed by atoms with Crippen molar-refractivity contribution in [2.45, 2.75) is 63.6 Å². The topological polar surface area (TPSA) is 52.6 Å². The Kier molecular flexibility index (Phi) is 3.73. The van der Waals surface area contributed by atoms with Gasteiger partial charge in [0, 0.05) is 12.1 Å². The molecule has 0 aromatic carbocycles. The van der Waals surface area contributed by atoms with E-state index in [1.165, 1.54) is 12.8 Å². The summed E-state index contributed by atoms with van der Waals surface area (Å²) in [5.74, 6) is -0.672. The molecule has 0 aromatic heterocycles. The van der Waals surface area contributed by atoms with Crippen LogP contribution in [0.5, 0.6) is 0 Å². The van der Waals surface area contributed by atoms with Crippen LogP contribution in [0.15, 0.2) is 0 Å². The normalized spacial score (nSPS) is 38.7. The number of nitrogens with one attached hydrogen (secondary N) is 1. The Hall–Kier alpha value is -0.610. The van der Waals surface area contributed by atoms with E-state index in [4.69, 9.17) is 0 Å². The molecule has 1 aliphatic carbocycles. The van der Waals surface area contributed by atoms with E-state index in [0.717, 1.165) is 32.4 Å². The van der Waals surface area contributed by atoms with E-state index in [0.29, 0.717) is 12.1 Å². The summed E-state index contributed by atoms with van der Waals surface area (Å²) >= 11 is 0. The molecule has 4 nitrogen and oxygen atoms in total. The maximum Gasteiger partial charge on any atom is 0.323 e. The van der Waals surface area contributed by atoms with Crippen molar-refractivity contribution in [2.75, 3.05) is 13.1 Å². The number of likely N-dealkylation sites (N-methyl/N-ethyl adjacent to an activating group) is 1. The van der Waals surface area contributed by atoms with Crippen molar-refractivity contribution in [1.29, 1.82) is 0 Å². The van der Waals surface area contributed by atoms with E-state index in [1.54, 1.807) is 0 Å². The summed E-state index contributed by atoms with van der Waals surface area (Å²) in [5, 5.41) is 12.6. The maximum absolute atomic E-state index is 11.5. The van der Waals surface area contributed by atoms with Crippen molar-refractivity contribution in [2.24, 2.45) is 0 Å². The third kappa shape index (κ3) is 2.33. The predicted molar refractivity (Wildman–Crippen MR) is 67.1 cm³/mol. The third-order valence-electron chi connectivity index (χ3n) is 4.49. The fourth-order valence-corrected chi connectivity index (χ4v) is 3.57. The average Bonchev–Trinajstić information content (AvgIpc) is 2.86. The Bertz CT molecular complexity index is 295. The van der Waals surface area contributed by atoms with Crippen LogP contribution >= 0.6 is 0 Å². The lowest BCUT2D eigenvalue weighted by molar-refractivity contribution is -0.144. The Morgan fingerprint density at radius 1 is 1.53 bits per heavy atom. The van der Waals surface area contributed by atoms with Gasteiger partial charge in [-0.1, -0.05) is 6.92 Å². The highest BCUT2D eigenvalue weighted by Crippen LogP contribution is 2.36. The third-order valence-corrected chi connectivity index (χ3v) is 4.49. The SMILES string of the molecule is CCNC1(C(=O)O)CCC(N2CCCC2C)C1. The first-order chi connectivity index (χ1) is 8.09. The van der Waals surface area contributed by atoms with Gasteiger partial charge in [0.25, 0.3) is 0 Å². The van der Waals surface area contributed by atoms with Crippen LogP contribution < -0.4 is 5.32 Å². The van der Waals surface area contributed by atoms with Gasteiger partial charge in [-0.2, -0.15) is 0 Å². The van der Waals surface area contributed by atoms with Crippen LogP contribution in [-0.2, 0) is 4.79 Å². The van der Waals surface area contributed by atoms with Crippen molar-refractivity contribution >= 4 is 5.97 Å². The van der Waals surface area contributed by atoms with Crippen molar-refractivity contribution in [3.05, 3.63) is 0 Å². The quantitative estimate of drug-likeness (QED) is 0.781. The molecule has 3 atom stereocenters.